The topological polar surface area (TPSA) is 43.8 Å². The Morgan fingerprint density at radius 2 is 1.41 bits per heavy atom. The van der Waals surface area contributed by atoms with E-state index in [-0.39, 0.29) is 18.5 Å². The van der Waals surface area contributed by atoms with E-state index in [9.17, 15) is 9.90 Å². The molecule has 0 saturated carbocycles. The van der Waals surface area contributed by atoms with E-state index in [2.05, 4.69) is 25.1 Å². The van der Waals surface area contributed by atoms with Gasteiger partial charge in [0.1, 0.15) is 0 Å². The predicted octanol–water partition coefficient (Wildman–Crippen LogP) is 7.69. The predicted molar refractivity (Wildman–Crippen MR) is 163 cm³/mol. The Morgan fingerprint density at radius 1 is 0.846 bits per heavy atom. The van der Waals surface area contributed by atoms with Crippen LogP contribution in [0, 0.1) is 5.92 Å². The zero-order valence-electron chi connectivity index (χ0n) is 21.4. The number of nitrogens with zero attached hydrogens (tertiary/aromatic N) is 2. The van der Waals surface area contributed by atoms with Crippen LogP contribution in [0.2, 0.25) is 5.02 Å². The maximum atomic E-state index is 14.2. The third kappa shape index (κ3) is 4.57. The van der Waals surface area contributed by atoms with Gasteiger partial charge in [0.15, 0.2) is 5.11 Å². The molecule has 0 spiro atoms. The molecule has 3 atom stereocenters. The average molecular weight is 551 g/mol. The summed E-state index contributed by atoms with van der Waals surface area (Å²) in [6.45, 7) is 2.37. The molecule has 1 aliphatic rings. The lowest BCUT2D eigenvalue weighted by atomic mass is 9.85. The van der Waals surface area contributed by atoms with Crippen LogP contribution in [0.3, 0.4) is 0 Å². The summed E-state index contributed by atoms with van der Waals surface area (Å²) in [4.78, 5) is 17.8. The molecule has 0 bridgehead atoms. The maximum Gasteiger partial charge on any atom is 0.241 e. The molecule has 6 rings (SSSR count). The number of fused-ring (bicyclic) bond motifs is 2. The summed E-state index contributed by atoms with van der Waals surface area (Å²) in [5.74, 6) is -0.990. The van der Waals surface area contributed by atoms with Crippen LogP contribution < -0.4 is 4.90 Å². The van der Waals surface area contributed by atoms with Gasteiger partial charge in [-0.1, -0.05) is 90.5 Å². The third-order valence-electron chi connectivity index (χ3n) is 7.69. The van der Waals surface area contributed by atoms with Crippen molar-refractivity contribution in [2.24, 2.45) is 5.92 Å². The number of aliphatic hydroxyl groups is 1. The van der Waals surface area contributed by atoms with Crippen LogP contribution in [-0.2, 0) is 4.79 Å². The van der Waals surface area contributed by atoms with Gasteiger partial charge in [0.05, 0.1) is 23.8 Å². The number of carbonyl (C=O) groups excluding carboxylic acids is 1. The summed E-state index contributed by atoms with van der Waals surface area (Å²) >= 11 is 12.1. The SMILES string of the molecule is C[C@@H](c1ccccc1)N1C[C@@H]([C@@H](O)c2c3ccccc3cc3ccccc23)C(=O)N(c2ccc(Cl)cc2)C1=S. The fraction of sp³-hybridized carbons (Fsp3) is 0.152. The normalized spacial score (nSPS) is 17.6. The van der Waals surface area contributed by atoms with Gasteiger partial charge in [0.25, 0.3) is 0 Å². The van der Waals surface area contributed by atoms with Crippen LogP contribution in [0.1, 0.15) is 30.2 Å². The van der Waals surface area contributed by atoms with Gasteiger partial charge in [-0.3, -0.25) is 9.69 Å². The molecule has 1 aliphatic heterocycles. The molecule has 1 N–H and O–H groups in total. The molecule has 194 valence electrons. The number of thiocarbonyl (C=S) groups is 1. The van der Waals surface area contributed by atoms with Crippen molar-refractivity contribution in [3.63, 3.8) is 0 Å². The minimum absolute atomic E-state index is 0.111. The molecule has 39 heavy (non-hydrogen) atoms. The fourth-order valence-corrected chi connectivity index (χ4v) is 6.18. The van der Waals surface area contributed by atoms with Crippen LogP contribution in [0.4, 0.5) is 5.69 Å². The summed E-state index contributed by atoms with van der Waals surface area (Å²) < 4.78 is 0. The monoisotopic (exact) mass is 550 g/mol. The first-order valence-corrected chi connectivity index (χ1v) is 13.8. The molecule has 1 saturated heterocycles. The smallest absolute Gasteiger partial charge is 0.241 e. The second-order valence-corrected chi connectivity index (χ2v) is 10.8. The Bertz CT molecular complexity index is 1640. The van der Waals surface area contributed by atoms with Gasteiger partial charge in [0.2, 0.25) is 5.91 Å². The molecule has 0 radical (unpaired) electrons. The van der Waals surface area contributed by atoms with Crippen molar-refractivity contribution in [3.05, 3.63) is 125 Å². The van der Waals surface area contributed by atoms with E-state index >= 15 is 0 Å². The number of amides is 1. The lowest BCUT2D eigenvalue weighted by Crippen LogP contribution is -2.58. The van der Waals surface area contributed by atoms with Gasteiger partial charge >= 0.3 is 0 Å². The molecular weight excluding hydrogens is 524 g/mol. The molecular formula is C33H27ClN2O2S. The molecule has 4 nitrogen and oxygen atoms in total. The summed E-state index contributed by atoms with van der Waals surface area (Å²) in [6.07, 6.45) is -1.06. The minimum atomic E-state index is -1.06. The summed E-state index contributed by atoms with van der Waals surface area (Å²) in [6, 6.07) is 35.2. The van der Waals surface area contributed by atoms with Crippen LogP contribution in [0.15, 0.2) is 109 Å². The zero-order chi connectivity index (χ0) is 27.1. The molecule has 1 heterocycles. The maximum absolute atomic E-state index is 14.2. The van der Waals surface area contributed by atoms with Crippen molar-refractivity contribution < 1.29 is 9.90 Å². The van der Waals surface area contributed by atoms with Crippen LogP contribution in [0.5, 0.6) is 0 Å². The molecule has 0 aromatic heterocycles. The second kappa shape index (κ2) is 10.4. The lowest BCUT2D eigenvalue weighted by molar-refractivity contribution is -0.127. The highest BCUT2D eigenvalue weighted by molar-refractivity contribution is 7.80. The van der Waals surface area contributed by atoms with E-state index < -0.39 is 12.0 Å². The Kier molecular flexibility index (Phi) is 6.81. The molecule has 5 aromatic rings. The van der Waals surface area contributed by atoms with Crippen molar-refractivity contribution in [1.29, 1.82) is 0 Å². The number of aliphatic hydroxyl groups excluding tert-OH is 1. The van der Waals surface area contributed by atoms with Crippen LogP contribution in [0.25, 0.3) is 21.5 Å². The van der Waals surface area contributed by atoms with Crippen molar-refractivity contribution in [2.75, 3.05) is 11.4 Å². The van der Waals surface area contributed by atoms with Crippen molar-refractivity contribution in [3.8, 4) is 0 Å². The number of anilines is 1. The summed E-state index contributed by atoms with van der Waals surface area (Å²) in [5, 5.41) is 17.0. The molecule has 0 unspecified atom stereocenters. The van der Waals surface area contributed by atoms with Gasteiger partial charge in [0, 0.05) is 11.6 Å². The van der Waals surface area contributed by atoms with E-state index in [1.54, 1.807) is 29.2 Å². The summed E-state index contributed by atoms with van der Waals surface area (Å²) in [7, 11) is 0. The highest BCUT2D eigenvalue weighted by atomic mass is 35.5. The Morgan fingerprint density at radius 3 is 2.03 bits per heavy atom. The number of carbonyl (C=O) groups is 1. The van der Waals surface area contributed by atoms with Crippen LogP contribution in [-0.4, -0.2) is 27.6 Å². The number of benzene rings is 5. The highest BCUT2D eigenvalue weighted by Crippen LogP contribution is 2.40. The Hall–Kier alpha value is -3.77. The van der Waals surface area contributed by atoms with Crippen molar-refractivity contribution >= 4 is 62.1 Å². The van der Waals surface area contributed by atoms with Gasteiger partial charge in [-0.2, -0.15) is 0 Å². The first kappa shape index (κ1) is 25.5. The fourth-order valence-electron chi connectivity index (χ4n) is 5.62. The first-order chi connectivity index (χ1) is 18.9. The minimum Gasteiger partial charge on any atom is -0.387 e. The Balaban J connectivity index is 1.50. The summed E-state index contributed by atoms with van der Waals surface area (Å²) in [5.41, 5.74) is 2.46. The van der Waals surface area contributed by atoms with E-state index in [0.29, 0.717) is 15.8 Å². The number of halogens is 1. The molecule has 5 aromatic carbocycles. The van der Waals surface area contributed by atoms with Crippen molar-refractivity contribution in [1.82, 2.24) is 4.90 Å². The highest BCUT2D eigenvalue weighted by Gasteiger charge is 2.44. The Labute approximate surface area is 238 Å². The zero-order valence-corrected chi connectivity index (χ0v) is 22.9. The quantitative estimate of drug-likeness (QED) is 0.180. The second-order valence-electron chi connectivity index (χ2n) is 9.96. The van der Waals surface area contributed by atoms with E-state index in [1.165, 1.54) is 0 Å². The van der Waals surface area contributed by atoms with E-state index in [4.69, 9.17) is 23.8 Å². The average Bonchev–Trinajstić information content (AvgIpc) is 2.97. The van der Waals surface area contributed by atoms with Gasteiger partial charge in [-0.25, -0.2) is 0 Å². The number of hydrogen-bond acceptors (Lipinski definition) is 3. The lowest BCUT2D eigenvalue weighted by Gasteiger charge is -2.45. The van der Waals surface area contributed by atoms with E-state index in [1.807, 2.05) is 71.6 Å². The van der Waals surface area contributed by atoms with Crippen molar-refractivity contribution in [2.45, 2.75) is 19.1 Å². The van der Waals surface area contributed by atoms with Gasteiger partial charge < -0.3 is 10.0 Å². The van der Waals surface area contributed by atoms with Crippen LogP contribution >= 0.6 is 23.8 Å². The largest absolute Gasteiger partial charge is 0.387 e. The number of hydrogen-bond donors (Lipinski definition) is 1. The van der Waals surface area contributed by atoms with Gasteiger partial charge in [-0.05, 0) is 82.1 Å². The molecule has 0 aliphatic carbocycles. The standard InChI is InChI=1S/C33H27ClN2O2S/c1-21(22-9-3-2-4-10-22)35-20-29(32(38)36(33(35)39)26-17-15-25(34)16-18-26)31(37)30-27-13-7-5-11-23(27)19-24-12-6-8-14-28(24)30/h2-19,21,29,31,37H,20H2,1H3/t21-,29-,31+/m0/s1. The molecule has 6 heteroatoms. The first-order valence-electron chi connectivity index (χ1n) is 13.0. The third-order valence-corrected chi connectivity index (χ3v) is 8.36. The molecule has 1 fully saturated rings. The number of rotatable bonds is 5. The van der Waals surface area contributed by atoms with E-state index in [0.717, 1.165) is 32.7 Å². The van der Waals surface area contributed by atoms with Gasteiger partial charge in [-0.15, -0.1) is 0 Å². The molecule has 1 amide bonds.